The lowest BCUT2D eigenvalue weighted by Gasteiger charge is -2.12. The Morgan fingerprint density at radius 1 is 1.05 bits per heavy atom. The Bertz CT molecular complexity index is 312. The van der Waals surface area contributed by atoms with E-state index < -0.39 is 0 Å². The lowest BCUT2D eigenvalue weighted by Crippen LogP contribution is -2.07. The molecule has 0 spiro atoms. The summed E-state index contributed by atoms with van der Waals surface area (Å²) < 4.78 is 5.39. The van der Waals surface area contributed by atoms with Gasteiger partial charge in [0, 0.05) is 6.42 Å². The molecule has 21 heavy (non-hydrogen) atoms. The monoisotopic (exact) mass is 314 g/mol. The zero-order chi connectivity index (χ0) is 15.3. The van der Waals surface area contributed by atoms with E-state index in [-0.39, 0.29) is 11.8 Å². The fourth-order valence-electron chi connectivity index (χ4n) is 2.92. The summed E-state index contributed by atoms with van der Waals surface area (Å²) in [5.41, 5.74) is 0. The van der Waals surface area contributed by atoms with Crippen molar-refractivity contribution in [2.24, 2.45) is 5.92 Å². The first-order valence-corrected chi connectivity index (χ1v) is 9.23. The maximum atomic E-state index is 11.4. The van der Waals surface area contributed by atoms with Gasteiger partial charge in [0.2, 0.25) is 0 Å². The first-order valence-electron chi connectivity index (χ1n) is 8.69. The van der Waals surface area contributed by atoms with Crippen LogP contribution in [0.3, 0.4) is 0 Å². The van der Waals surface area contributed by atoms with Crippen LogP contribution < -0.4 is 0 Å². The molecule has 1 aliphatic carbocycles. The molecule has 0 saturated carbocycles. The van der Waals surface area contributed by atoms with Crippen LogP contribution in [0.1, 0.15) is 84.0 Å². The lowest BCUT2D eigenvalue weighted by molar-refractivity contribution is -0.136. The number of allylic oxidation sites excluding steroid dienone is 2. The third-order valence-electron chi connectivity index (χ3n) is 4.16. The van der Waals surface area contributed by atoms with Gasteiger partial charge in [0.1, 0.15) is 11.6 Å². The minimum Gasteiger partial charge on any atom is -0.431 e. The molecule has 1 unspecified atom stereocenters. The van der Waals surface area contributed by atoms with E-state index in [0.717, 1.165) is 18.6 Å². The zero-order valence-corrected chi connectivity index (χ0v) is 14.3. The Balaban J connectivity index is 2.52. The summed E-state index contributed by atoms with van der Waals surface area (Å²) in [4.78, 5) is 11.4. The molecule has 1 atom stereocenters. The van der Waals surface area contributed by atoms with E-state index in [1.807, 2.05) is 0 Å². The maximum absolute atomic E-state index is 11.4. The molecular formula is C18H31ClO2. The van der Waals surface area contributed by atoms with Gasteiger partial charge in [-0.15, -0.1) is 11.6 Å². The molecule has 3 heteroatoms. The highest BCUT2D eigenvalue weighted by molar-refractivity contribution is 6.26. The normalized spacial score (nSPS) is 23.5. The summed E-state index contributed by atoms with van der Waals surface area (Å²) in [7, 11) is 0. The second-order valence-corrected chi connectivity index (χ2v) is 6.56. The van der Waals surface area contributed by atoms with Gasteiger partial charge < -0.3 is 4.74 Å². The molecule has 122 valence electrons. The molecule has 0 N–H and O–H groups in total. The van der Waals surface area contributed by atoms with Crippen LogP contribution in [0.2, 0.25) is 0 Å². The molecule has 0 amide bonds. The number of carbonyl (C=O) groups excluding carboxylic acids is 1. The molecule has 0 heterocycles. The van der Waals surface area contributed by atoms with Crippen molar-refractivity contribution in [1.29, 1.82) is 0 Å². The number of halogens is 1. The molecule has 0 aromatic carbocycles. The summed E-state index contributed by atoms with van der Waals surface area (Å²) in [5.74, 6) is 0.926. The third kappa shape index (κ3) is 9.95. The molecule has 0 fully saturated rings. The Hall–Kier alpha value is -0.500. The van der Waals surface area contributed by atoms with E-state index in [0.29, 0.717) is 5.92 Å². The molecule has 0 saturated heterocycles. The van der Waals surface area contributed by atoms with Crippen LogP contribution >= 0.6 is 11.6 Å². The van der Waals surface area contributed by atoms with Gasteiger partial charge in [0.05, 0.1) is 0 Å². The Morgan fingerprint density at radius 3 is 2.14 bits per heavy atom. The molecule has 0 aromatic rings. The minimum absolute atomic E-state index is 0.0638. The maximum Gasteiger partial charge on any atom is 0.325 e. The van der Waals surface area contributed by atoms with Crippen LogP contribution in [-0.2, 0) is 9.53 Å². The van der Waals surface area contributed by atoms with Crippen molar-refractivity contribution < 1.29 is 9.53 Å². The van der Waals surface area contributed by atoms with Gasteiger partial charge in [-0.3, -0.25) is 4.79 Å². The Kier molecular flexibility index (Phi) is 10.7. The van der Waals surface area contributed by atoms with E-state index in [9.17, 15) is 4.79 Å². The van der Waals surface area contributed by atoms with E-state index in [2.05, 4.69) is 13.0 Å². The van der Waals surface area contributed by atoms with Crippen LogP contribution in [0.5, 0.6) is 0 Å². The van der Waals surface area contributed by atoms with Crippen molar-refractivity contribution in [2.75, 3.05) is 5.88 Å². The van der Waals surface area contributed by atoms with Crippen LogP contribution in [0, 0.1) is 5.92 Å². The van der Waals surface area contributed by atoms with Gasteiger partial charge in [0.15, 0.2) is 0 Å². The molecular weight excluding hydrogens is 284 g/mol. The zero-order valence-electron chi connectivity index (χ0n) is 13.5. The standard InChI is InChI=1S/C18H31ClO2/c1-16-12-10-8-6-4-2-3-5-7-9-11-13-17(14-16)21-18(20)15-19/h14,16H,2-13,15H2,1H3. The SMILES string of the molecule is CC1C=C(OC(=O)CCl)CCCCCCCCCCCC1. The quantitative estimate of drug-likeness (QED) is 0.462. The lowest BCUT2D eigenvalue weighted by atomic mass is 10.0. The average molecular weight is 315 g/mol. The topological polar surface area (TPSA) is 26.3 Å². The molecule has 0 aromatic heterocycles. The number of rotatable bonds is 2. The van der Waals surface area contributed by atoms with Crippen molar-refractivity contribution in [1.82, 2.24) is 0 Å². The fraction of sp³-hybridized carbons (Fsp3) is 0.833. The van der Waals surface area contributed by atoms with Crippen LogP contribution in [-0.4, -0.2) is 11.8 Å². The van der Waals surface area contributed by atoms with Crippen molar-refractivity contribution >= 4 is 17.6 Å². The van der Waals surface area contributed by atoms with Crippen LogP contribution in [0.25, 0.3) is 0 Å². The van der Waals surface area contributed by atoms with Crippen LogP contribution in [0.15, 0.2) is 11.8 Å². The molecule has 2 nitrogen and oxygen atoms in total. The van der Waals surface area contributed by atoms with Gasteiger partial charge in [0.25, 0.3) is 0 Å². The van der Waals surface area contributed by atoms with Crippen LogP contribution in [0.4, 0.5) is 0 Å². The van der Waals surface area contributed by atoms with Gasteiger partial charge in [-0.05, 0) is 24.8 Å². The second kappa shape index (κ2) is 12.1. The summed E-state index contributed by atoms with van der Waals surface area (Å²) in [5, 5.41) is 0. The van der Waals surface area contributed by atoms with E-state index >= 15 is 0 Å². The first kappa shape index (κ1) is 18.5. The number of hydrogen-bond donors (Lipinski definition) is 0. The molecule has 0 radical (unpaired) electrons. The molecule has 0 bridgehead atoms. The summed E-state index contributed by atoms with van der Waals surface area (Å²) in [6.45, 7) is 2.21. The predicted molar refractivity (Wildman–Crippen MR) is 89.5 cm³/mol. The van der Waals surface area contributed by atoms with Gasteiger partial charge in [-0.2, -0.15) is 0 Å². The molecule has 0 aliphatic heterocycles. The predicted octanol–water partition coefficient (Wildman–Crippen LogP) is 5.98. The number of esters is 1. The first-order chi connectivity index (χ1) is 10.2. The highest BCUT2D eigenvalue weighted by Gasteiger charge is 2.09. The van der Waals surface area contributed by atoms with Gasteiger partial charge in [-0.1, -0.05) is 64.7 Å². The fourth-order valence-corrected chi connectivity index (χ4v) is 2.98. The Labute approximate surface area is 135 Å². The molecule has 1 rings (SSSR count). The van der Waals surface area contributed by atoms with E-state index in [4.69, 9.17) is 16.3 Å². The Morgan fingerprint density at radius 2 is 1.57 bits per heavy atom. The van der Waals surface area contributed by atoms with Crippen molar-refractivity contribution in [3.05, 3.63) is 11.8 Å². The van der Waals surface area contributed by atoms with Crippen molar-refractivity contribution in [3.63, 3.8) is 0 Å². The average Bonchev–Trinajstić information content (AvgIpc) is 2.47. The summed E-state index contributed by atoms with van der Waals surface area (Å²) >= 11 is 5.54. The second-order valence-electron chi connectivity index (χ2n) is 6.29. The number of hydrogen-bond acceptors (Lipinski definition) is 2. The van der Waals surface area contributed by atoms with Gasteiger partial charge in [-0.25, -0.2) is 0 Å². The van der Waals surface area contributed by atoms with Crippen molar-refractivity contribution in [3.8, 4) is 0 Å². The van der Waals surface area contributed by atoms with E-state index in [1.165, 1.54) is 64.2 Å². The highest BCUT2D eigenvalue weighted by atomic mass is 35.5. The number of ether oxygens (including phenoxy) is 1. The number of alkyl halides is 1. The molecule has 1 aliphatic rings. The highest BCUT2D eigenvalue weighted by Crippen LogP contribution is 2.20. The third-order valence-corrected chi connectivity index (χ3v) is 4.38. The minimum atomic E-state index is -0.326. The van der Waals surface area contributed by atoms with E-state index in [1.54, 1.807) is 0 Å². The number of carbonyl (C=O) groups is 1. The smallest absolute Gasteiger partial charge is 0.325 e. The largest absolute Gasteiger partial charge is 0.431 e. The summed E-state index contributed by atoms with van der Waals surface area (Å²) in [6.07, 6.45) is 17.3. The van der Waals surface area contributed by atoms with Gasteiger partial charge >= 0.3 is 5.97 Å². The summed E-state index contributed by atoms with van der Waals surface area (Å²) in [6, 6.07) is 0. The van der Waals surface area contributed by atoms with Crippen molar-refractivity contribution in [2.45, 2.75) is 84.0 Å².